The van der Waals surface area contributed by atoms with Crippen LogP contribution < -0.4 is 5.32 Å². The summed E-state index contributed by atoms with van der Waals surface area (Å²) in [6, 6.07) is 2.71. The summed E-state index contributed by atoms with van der Waals surface area (Å²) in [5.74, 6) is 0.698. The molecule has 0 aliphatic carbocycles. The number of nitrogens with one attached hydrogen (secondary N) is 1. The van der Waals surface area contributed by atoms with E-state index in [1.807, 2.05) is 11.7 Å². The molecule has 18 heavy (non-hydrogen) atoms. The van der Waals surface area contributed by atoms with Crippen LogP contribution in [-0.2, 0) is 13.5 Å². The molecule has 3 heteroatoms. The first-order valence-electron chi connectivity index (χ1n) is 6.90. The van der Waals surface area contributed by atoms with E-state index in [4.69, 9.17) is 0 Å². The van der Waals surface area contributed by atoms with Crippen LogP contribution in [0.15, 0.2) is 6.07 Å². The van der Waals surface area contributed by atoms with Crippen LogP contribution in [0, 0.1) is 18.3 Å². The van der Waals surface area contributed by atoms with Crippen LogP contribution in [0.25, 0.3) is 0 Å². The fourth-order valence-electron chi connectivity index (χ4n) is 2.19. The predicted molar refractivity (Wildman–Crippen MR) is 77.7 cm³/mol. The molecular weight excluding hydrogens is 222 g/mol. The molecule has 0 radical (unpaired) electrons. The third kappa shape index (κ3) is 4.13. The first-order chi connectivity index (χ1) is 8.24. The number of hydrogen-bond acceptors (Lipinski definition) is 2. The zero-order valence-corrected chi connectivity index (χ0v) is 13.0. The van der Waals surface area contributed by atoms with Crippen molar-refractivity contribution < 1.29 is 0 Å². The standard InChI is InChI=1S/C15H29N3/c1-11(15(3,4)5)8-13(16-6)10-14-9-12(2)17-18(14)7/h9,11,13,16H,8,10H2,1-7H3. The van der Waals surface area contributed by atoms with E-state index in [1.165, 1.54) is 12.1 Å². The molecule has 1 aromatic heterocycles. The van der Waals surface area contributed by atoms with Gasteiger partial charge in [-0.3, -0.25) is 4.68 Å². The third-order valence-corrected chi connectivity index (χ3v) is 4.08. The van der Waals surface area contributed by atoms with E-state index in [0.29, 0.717) is 17.4 Å². The summed E-state index contributed by atoms with van der Waals surface area (Å²) in [4.78, 5) is 0. The van der Waals surface area contributed by atoms with Crippen LogP contribution in [0.2, 0.25) is 0 Å². The van der Waals surface area contributed by atoms with Crippen molar-refractivity contribution in [1.29, 1.82) is 0 Å². The molecule has 104 valence electrons. The van der Waals surface area contributed by atoms with Gasteiger partial charge < -0.3 is 5.32 Å². The SMILES string of the molecule is CNC(Cc1cc(C)nn1C)CC(C)C(C)(C)C. The lowest BCUT2D eigenvalue weighted by molar-refractivity contribution is 0.224. The predicted octanol–water partition coefficient (Wildman–Crippen LogP) is 2.93. The normalized spacial score (nSPS) is 15.7. The molecule has 0 fully saturated rings. The van der Waals surface area contributed by atoms with Gasteiger partial charge in [-0.15, -0.1) is 0 Å². The summed E-state index contributed by atoms with van der Waals surface area (Å²) in [6.45, 7) is 11.4. The number of rotatable bonds is 5. The molecule has 1 heterocycles. The number of hydrogen-bond donors (Lipinski definition) is 1. The van der Waals surface area contributed by atoms with Crippen molar-refractivity contribution >= 4 is 0 Å². The summed E-state index contributed by atoms with van der Waals surface area (Å²) in [7, 11) is 4.09. The molecule has 0 amide bonds. The van der Waals surface area contributed by atoms with E-state index in [-0.39, 0.29) is 0 Å². The van der Waals surface area contributed by atoms with Crippen LogP contribution in [0.5, 0.6) is 0 Å². The lowest BCUT2D eigenvalue weighted by Gasteiger charge is -2.30. The summed E-state index contributed by atoms with van der Waals surface area (Å²) < 4.78 is 2.00. The van der Waals surface area contributed by atoms with Crippen molar-refractivity contribution in [3.8, 4) is 0 Å². The highest BCUT2D eigenvalue weighted by molar-refractivity contribution is 5.10. The second-order valence-electron chi connectivity index (χ2n) is 6.59. The smallest absolute Gasteiger partial charge is 0.0596 e. The number of nitrogens with zero attached hydrogens (tertiary/aromatic N) is 2. The molecule has 0 bridgehead atoms. The van der Waals surface area contributed by atoms with Gasteiger partial charge in [-0.1, -0.05) is 27.7 Å². The van der Waals surface area contributed by atoms with Gasteiger partial charge in [0.2, 0.25) is 0 Å². The Kier molecular flexibility index (Phi) is 4.97. The minimum atomic E-state index is 0.372. The van der Waals surface area contributed by atoms with Gasteiger partial charge in [0, 0.05) is 25.2 Å². The van der Waals surface area contributed by atoms with Crippen molar-refractivity contribution in [1.82, 2.24) is 15.1 Å². The summed E-state index contributed by atoms with van der Waals surface area (Å²) >= 11 is 0. The minimum Gasteiger partial charge on any atom is -0.317 e. The molecule has 1 N–H and O–H groups in total. The van der Waals surface area contributed by atoms with Gasteiger partial charge >= 0.3 is 0 Å². The highest BCUT2D eigenvalue weighted by Crippen LogP contribution is 2.29. The lowest BCUT2D eigenvalue weighted by atomic mass is 9.78. The van der Waals surface area contributed by atoms with Gasteiger partial charge in [0.1, 0.15) is 0 Å². The van der Waals surface area contributed by atoms with Gasteiger partial charge in [0.15, 0.2) is 0 Å². The molecule has 2 atom stereocenters. The zero-order chi connectivity index (χ0) is 13.9. The molecule has 0 aliphatic rings. The van der Waals surface area contributed by atoms with Crippen molar-refractivity contribution in [2.75, 3.05) is 7.05 Å². The quantitative estimate of drug-likeness (QED) is 0.872. The first kappa shape index (κ1) is 15.2. The van der Waals surface area contributed by atoms with Crippen LogP contribution in [-0.4, -0.2) is 22.9 Å². The van der Waals surface area contributed by atoms with Crippen molar-refractivity contribution in [2.45, 2.75) is 53.5 Å². The maximum absolute atomic E-state index is 4.42. The minimum absolute atomic E-state index is 0.372. The topological polar surface area (TPSA) is 29.9 Å². The van der Waals surface area contributed by atoms with Gasteiger partial charge in [0.05, 0.1) is 5.69 Å². The Labute approximate surface area is 112 Å². The molecule has 2 unspecified atom stereocenters. The average molecular weight is 251 g/mol. The monoisotopic (exact) mass is 251 g/mol. The molecule has 3 nitrogen and oxygen atoms in total. The van der Waals surface area contributed by atoms with E-state index in [2.05, 4.69) is 58.1 Å². The highest BCUT2D eigenvalue weighted by atomic mass is 15.3. The van der Waals surface area contributed by atoms with Crippen molar-refractivity contribution in [3.63, 3.8) is 0 Å². The number of aromatic nitrogens is 2. The fraction of sp³-hybridized carbons (Fsp3) is 0.800. The van der Waals surface area contributed by atoms with Crippen molar-refractivity contribution in [3.05, 3.63) is 17.5 Å². The maximum atomic E-state index is 4.42. The molecule has 1 rings (SSSR count). The Hall–Kier alpha value is -0.830. The molecule has 0 saturated heterocycles. The third-order valence-electron chi connectivity index (χ3n) is 4.08. The Balaban J connectivity index is 2.65. The average Bonchev–Trinajstić information content (AvgIpc) is 2.54. The Morgan fingerprint density at radius 2 is 2.00 bits per heavy atom. The molecule has 0 aliphatic heterocycles. The van der Waals surface area contributed by atoms with Crippen LogP contribution in [0.3, 0.4) is 0 Å². The van der Waals surface area contributed by atoms with Gasteiger partial charge in [-0.2, -0.15) is 5.10 Å². The molecular formula is C15H29N3. The summed E-state index contributed by atoms with van der Waals surface area (Å²) in [5.41, 5.74) is 2.79. The molecule has 0 spiro atoms. The Morgan fingerprint density at radius 1 is 1.39 bits per heavy atom. The molecule has 1 aromatic rings. The zero-order valence-electron chi connectivity index (χ0n) is 13.0. The van der Waals surface area contributed by atoms with Gasteiger partial charge in [-0.25, -0.2) is 0 Å². The van der Waals surface area contributed by atoms with Crippen molar-refractivity contribution in [2.24, 2.45) is 18.4 Å². The molecule has 0 aromatic carbocycles. The largest absolute Gasteiger partial charge is 0.317 e. The Bertz CT molecular complexity index is 374. The fourth-order valence-corrected chi connectivity index (χ4v) is 2.19. The van der Waals surface area contributed by atoms with Crippen LogP contribution in [0.4, 0.5) is 0 Å². The van der Waals surface area contributed by atoms with E-state index in [0.717, 1.165) is 12.1 Å². The highest BCUT2D eigenvalue weighted by Gasteiger charge is 2.23. The van der Waals surface area contributed by atoms with Gasteiger partial charge in [0.25, 0.3) is 0 Å². The van der Waals surface area contributed by atoms with E-state index < -0.39 is 0 Å². The summed E-state index contributed by atoms with van der Waals surface area (Å²) in [5, 5.41) is 7.86. The van der Waals surface area contributed by atoms with Crippen LogP contribution >= 0.6 is 0 Å². The maximum Gasteiger partial charge on any atom is 0.0596 e. The number of aryl methyl sites for hydroxylation is 2. The van der Waals surface area contributed by atoms with Gasteiger partial charge in [-0.05, 0) is 37.8 Å². The van der Waals surface area contributed by atoms with E-state index in [9.17, 15) is 0 Å². The van der Waals surface area contributed by atoms with E-state index in [1.54, 1.807) is 0 Å². The Morgan fingerprint density at radius 3 is 2.39 bits per heavy atom. The van der Waals surface area contributed by atoms with Crippen LogP contribution in [0.1, 0.15) is 45.5 Å². The second kappa shape index (κ2) is 5.87. The lowest BCUT2D eigenvalue weighted by Crippen LogP contribution is -2.33. The summed E-state index contributed by atoms with van der Waals surface area (Å²) in [6.07, 6.45) is 2.25. The number of likely N-dealkylation sites (N-methyl/N-ethyl adjacent to an activating group) is 1. The molecule has 0 saturated carbocycles. The first-order valence-corrected chi connectivity index (χ1v) is 6.90. The second-order valence-corrected chi connectivity index (χ2v) is 6.59. The van der Waals surface area contributed by atoms with E-state index >= 15 is 0 Å².